The Morgan fingerprint density at radius 3 is 2.64 bits per heavy atom. The Hall–Kier alpha value is -3.01. The van der Waals surface area contributed by atoms with Crippen molar-refractivity contribution in [2.75, 3.05) is 4.90 Å². The van der Waals surface area contributed by atoms with Crippen molar-refractivity contribution in [1.82, 2.24) is 0 Å². The van der Waals surface area contributed by atoms with Gasteiger partial charge in [0.15, 0.2) is 5.72 Å². The van der Waals surface area contributed by atoms with E-state index in [2.05, 4.69) is 61.2 Å². The predicted octanol–water partition coefficient (Wildman–Crippen LogP) is 4.07. The first-order valence-electron chi connectivity index (χ1n) is 9.84. The SMILES string of the molecule is CC1(C)c2ccccc2N2[C@@H](C(N)=O)[C@H]3C[C@]21Oc1ccc2ccccc2c13. The molecule has 0 saturated carbocycles. The third-order valence-corrected chi connectivity index (χ3v) is 7.23. The van der Waals surface area contributed by atoms with Crippen LogP contribution >= 0.6 is 0 Å². The van der Waals surface area contributed by atoms with Crippen molar-refractivity contribution in [3.05, 3.63) is 71.8 Å². The molecule has 3 aliphatic heterocycles. The summed E-state index contributed by atoms with van der Waals surface area (Å²) < 4.78 is 6.84. The highest BCUT2D eigenvalue weighted by molar-refractivity contribution is 5.94. The summed E-state index contributed by atoms with van der Waals surface area (Å²) in [6, 6.07) is 20.4. The van der Waals surface area contributed by atoms with E-state index in [-0.39, 0.29) is 17.2 Å². The van der Waals surface area contributed by atoms with E-state index in [1.54, 1.807) is 0 Å². The summed E-state index contributed by atoms with van der Waals surface area (Å²) in [4.78, 5) is 15.0. The second kappa shape index (κ2) is 4.88. The molecule has 3 aliphatic rings. The molecule has 3 heterocycles. The quantitative estimate of drug-likeness (QED) is 0.703. The summed E-state index contributed by atoms with van der Waals surface area (Å²) >= 11 is 0. The highest BCUT2D eigenvalue weighted by atomic mass is 16.5. The first kappa shape index (κ1) is 16.0. The molecule has 2 bridgehead atoms. The molecule has 0 aromatic heterocycles. The Bertz CT molecular complexity index is 1170. The van der Waals surface area contributed by atoms with Crippen LogP contribution in [0.15, 0.2) is 60.7 Å². The number of amides is 1. The fourth-order valence-corrected chi connectivity index (χ4v) is 5.97. The molecule has 6 rings (SSSR count). The van der Waals surface area contributed by atoms with Crippen LogP contribution in [0.1, 0.15) is 37.3 Å². The lowest BCUT2D eigenvalue weighted by Crippen LogP contribution is -2.59. The van der Waals surface area contributed by atoms with Crippen molar-refractivity contribution in [3.63, 3.8) is 0 Å². The predicted molar refractivity (Wildman–Crippen MR) is 110 cm³/mol. The number of hydrogen-bond donors (Lipinski definition) is 1. The molecule has 3 atom stereocenters. The summed E-state index contributed by atoms with van der Waals surface area (Å²) in [6.45, 7) is 4.44. The molecule has 0 radical (unpaired) electrons. The van der Waals surface area contributed by atoms with E-state index in [0.717, 1.165) is 34.2 Å². The zero-order chi connectivity index (χ0) is 19.3. The molecule has 2 N–H and O–H groups in total. The number of carbonyl (C=O) groups excluding carboxylic acids is 1. The minimum absolute atomic E-state index is 0.0139. The largest absolute Gasteiger partial charge is 0.467 e. The minimum Gasteiger partial charge on any atom is -0.467 e. The van der Waals surface area contributed by atoms with Crippen LogP contribution < -0.4 is 15.4 Å². The number of hydrogen-bond acceptors (Lipinski definition) is 3. The Morgan fingerprint density at radius 2 is 1.82 bits per heavy atom. The van der Waals surface area contributed by atoms with Gasteiger partial charge in [-0.3, -0.25) is 4.79 Å². The molecule has 28 heavy (non-hydrogen) atoms. The molecule has 1 saturated heterocycles. The fraction of sp³-hybridized carbons (Fsp3) is 0.292. The van der Waals surface area contributed by atoms with Gasteiger partial charge in [0.1, 0.15) is 11.8 Å². The van der Waals surface area contributed by atoms with Gasteiger partial charge in [0, 0.05) is 23.6 Å². The van der Waals surface area contributed by atoms with E-state index >= 15 is 0 Å². The second-order valence-electron chi connectivity index (χ2n) is 8.75. The smallest absolute Gasteiger partial charge is 0.240 e. The number of ether oxygens (including phenoxy) is 1. The number of benzene rings is 3. The zero-order valence-electron chi connectivity index (χ0n) is 16.0. The maximum Gasteiger partial charge on any atom is 0.240 e. The van der Waals surface area contributed by atoms with E-state index in [0.29, 0.717) is 0 Å². The average molecular weight is 370 g/mol. The van der Waals surface area contributed by atoms with Crippen molar-refractivity contribution < 1.29 is 9.53 Å². The maximum absolute atomic E-state index is 12.8. The van der Waals surface area contributed by atoms with E-state index < -0.39 is 11.8 Å². The number of para-hydroxylation sites is 1. The third kappa shape index (κ3) is 1.61. The fourth-order valence-electron chi connectivity index (χ4n) is 5.97. The van der Waals surface area contributed by atoms with Crippen molar-refractivity contribution in [2.24, 2.45) is 5.73 Å². The molecular formula is C24H22N2O2. The molecule has 1 amide bonds. The van der Waals surface area contributed by atoms with Gasteiger partial charge >= 0.3 is 0 Å². The Kier molecular flexibility index (Phi) is 2.79. The van der Waals surface area contributed by atoms with Gasteiger partial charge in [-0.1, -0.05) is 48.5 Å². The molecule has 4 heteroatoms. The number of anilines is 1. The van der Waals surface area contributed by atoms with E-state index in [1.807, 2.05) is 18.2 Å². The van der Waals surface area contributed by atoms with Crippen LogP contribution in [0.4, 0.5) is 5.69 Å². The molecule has 140 valence electrons. The molecule has 1 fully saturated rings. The van der Waals surface area contributed by atoms with Crippen LogP contribution in [0.5, 0.6) is 5.75 Å². The van der Waals surface area contributed by atoms with Crippen LogP contribution in [-0.4, -0.2) is 17.7 Å². The first-order chi connectivity index (χ1) is 13.5. The van der Waals surface area contributed by atoms with E-state index in [1.165, 1.54) is 5.56 Å². The van der Waals surface area contributed by atoms with Crippen LogP contribution in [0.3, 0.4) is 0 Å². The lowest BCUT2D eigenvalue weighted by molar-refractivity contribution is -0.119. The van der Waals surface area contributed by atoms with Gasteiger partial charge in [0.2, 0.25) is 5.91 Å². The van der Waals surface area contributed by atoms with Gasteiger partial charge in [-0.2, -0.15) is 0 Å². The number of carbonyl (C=O) groups is 1. The van der Waals surface area contributed by atoms with Crippen molar-refractivity contribution in [1.29, 1.82) is 0 Å². The number of nitrogens with zero attached hydrogens (tertiary/aromatic N) is 1. The number of fused-ring (bicyclic) bond motifs is 7. The highest BCUT2D eigenvalue weighted by Crippen LogP contribution is 2.65. The number of rotatable bonds is 1. The van der Waals surface area contributed by atoms with Gasteiger partial charge in [0.05, 0.1) is 5.41 Å². The van der Waals surface area contributed by atoms with E-state index in [4.69, 9.17) is 10.5 Å². The molecule has 0 aliphatic carbocycles. The Balaban J connectivity index is 1.68. The summed E-state index contributed by atoms with van der Waals surface area (Å²) in [5, 5.41) is 2.31. The topological polar surface area (TPSA) is 55.6 Å². The van der Waals surface area contributed by atoms with Crippen molar-refractivity contribution in [2.45, 2.75) is 43.4 Å². The van der Waals surface area contributed by atoms with Crippen molar-refractivity contribution in [3.8, 4) is 5.75 Å². The lowest BCUT2D eigenvalue weighted by atomic mass is 9.72. The van der Waals surface area contributed by atoms with Crippen LogP contribution in [-0.2, 0) is 10.2 Å². The monoisotopic (exact) mass is 370 g/mol. The zero-order valence-corrected chi connectivity index (χ0v) is 16.0. The molecule has 3 aromatic carbocycles. The Labute approximate surface area is 163 Å². The number of primary amides is 1. The Morgan fingerprint density at radius 1 is 1.07 bits per heavy atom. The van der Waals surface area contributed by atoms with Gasteiger partial charge in [-0.15, -0.1) is 0 Å². The molecule has 3 aromatic rings. The van der Waals surface area contributed by atoms with E-state index in [9.17, 15) is 4.79 Å². The molecular weight excluding hydrogens is 348 g/mol. The van der Waals surface area contributed by atoms with Crippen LogP contribution in [0.2, 0.25) is 0 Å². The summed E-state index contributed by atoms with van der Waals surface area (Å²) in [7, 11) is 0. The van der Waals surface area contributed by atoms with Gasteiger partial charge in [0.25, 0.3) is 0 Å². The van der Waals surface area contributed by atoms with Crippen LogP contribution in [0.25, 0.3) is 10.8 Å². The first-order valence-corrected chi connectivity index (χ1v) is 9.84. The third-order valence-electron chi connectivity index (χ3n) is 7.23. The molecule has 4 nitrogen and oxygen atoms in total. The maximum atomic E-state index is 12.8. The summed E-state index contributed by atoms with van der Waals surface area (Å²) in [5.74, 6) is 0.605. The highest BCUT2D eigenvalue weighted by Gasteiger charge is 2.70. The van der Waals surface area contributed by atoms with Gasteiger partial charge in [-0.05, 0) is 42.3 Å². The minimum atomic E-state index is -0.601. The molecule has 1 spiro atoms. The van der Waals surface area contributed by atoms with Gasteiger partial charge < -0.3 is 15.4 Å². The second-order valence-corrected chi connectivity index (χ2v) is 8.75. The standard InChI is InChI=1S/C24H22N2O2/c1-23(2)17-9-5-6-10-18(17)26-21(22(25)27)16-13-24(23,26)28-19-12-11-14-7-3-4-8-15(14)20(16)19/h3-12,16,21H,13H2,1-2H3,(H2,25,27)/t16-,21+,24+/m0/s1. The normalized spacial score (nSPS) is 28.4. The molecule has 0 unspecified atom stereocenters. The lowest BCUT2D eigenvalue weighted by Gasteiger charge is -2.45. The van der Waals surface area contributed by atoms with Crippen molar-refractivity contribution >= 4 is 22.4 Å². The summed E-state index contributed by atoms with van der Waals surface area (Å²) in [6.07, 6.45) is 0.753. The average Bonchev–Trinajstić information content (AvgIpc) is 3.06. The number of nitrogens with two attached hydrogens (primary N) is 1. The summed E-state index contributed by atoms with van der Waals surface area (Å²) in [5.41, 5.74) is 8.55. The van der Waals surface area contributed by atoms with Gasteiger partial charge in [-0.25, -0.2) is 0 Å². The van der Waals surface area contributed by atoms with Crippen LogP contribution in [0, 0.1) is 0 Å².